The second kappa shape index (κ2) is 4.02. The minimum Gasteiger partial charge on any atom is -0.484 e. The van der Waals surface area contributed by atoms with Crippen molar-refractivity contribution in [2.75, 3.05) is 0 Å². The van der Waals surface area contributed by atoms with Crippen LogP contribution in [0.15, 0.2) is 11.2 Å². The molecule has 1 rings (SSSR count). The van der Waals surface area contributed by atoms with Gasteiger partial charge in [-0.3, -0.25) is 0 Å². The Hall–Kier alpha value is 0.0200. The highest BCUT2D eigenvalue weighted by Gasteiger charge is 2.13. The molecule has 1 saturated carbocycles. The first kappa shape index (κ1) is 8.12. The lowest BCUT2D eigenvalue weighted by atomic mass is 9.98. The van der Waals surface area contributed by atoms with E-state index in [1.54, 1.807) is 0 Å². The molecule has 0 N–H and O–H groups in total. The van der Waals surface area contributed by atoms with Crippen LogP contribution in [0, 0.1) is 0 Å². The lowest BCUT2D eigenvalue weighted by Gasteiger charge is -2.21. The Morgan fingerprint density at radius 1 is 1.30 bits per heavy atom. The SMILES string of the molecule is C=C(Br)OC1CCCCC1. The fourth-order valence-corrected chi connectivity index (χ4v) is 1.63. The molecule has 0 aliphatic heterocycles. The van der Waals surface area contributed by atoms with Gasteiger partial charge in [0.2, 0.25) is 0 Å². The van der Waals surface area contributed by atoms with Crippen LogP contribution in [0.4, 0.5) is 0 Å². The fourth-order valence-electron chi connectivity index (χ4n) is 1.36. The van der Waals surface area contributed by atoms with Gasteiger partial charge in [0.05, 0.1) is 6.10 Å². The molecule has 0 aromatic rings. The summed E-state index contributed by atoms with van der Waals surface area (Å²) in [6, 6.07) is 0. The standard InChI is InChI=1S/C8H13BrO/c1-7(9)10-8-5-3-2-4-6-8/h8H,1-6H2. The highest BCUT2D eigenvalue weighted by Crippen LogP contribution is 2.23. The summed E-state index contributed by atoms with van der Waals surface area (Å²) in [6.07, 6.45) is 6.82. The summed E-state index contributed by atoms with van der Waals surface area (Å²) in [6.45, 7) is 3.64. The molecule has 0 aromatic carbocycles. The topological polar surface area (TPSA) is 9.23 Å². The normalized spacial score (nSPS) is 20.5. The smallest absolute Gasteiger partial charge is 0.155 e. The van der Waals surface area contributed by atoms with E-state index in [0.717, 1.165) is 0 Å². The molecular weight excluding hydrogens is 192 g/mol. The summed E-state index contributed by atoms with van der Waals surface area (Å²) in [7, 11) is 0. The van der Waals surface area contributed by atoms with E-state index in [0.29, 0.717) is 10.8 Å². The maximum atomic E-state index is 5.41. The molecular formula is C8H13BrO. The van der Waals surface area contributed by atoms with E-state index >= 15 is 0 Å². The first-order chi connectivity index (χ1) is 4.79. The maximum Gasteiger partial charge on any atom is 0.155 e. The lowest BCUT2D eigenvalue weighted by Crippen LogP contribution is -2.14. The van der Waals surface area contributed by atoms with Crippen LogP contribution in [-0.4, -0.2) is 6.10 Å². The highest BCUT2D eigenvalue weighted by molar-refractivity contribution is 9.11. The van der Waals surface area contributed by atoms with Crippen LogP contribution >= 0.6 is 15.9 Å². The van der Waals surface area contributed by atoms with Gasteiger partial charge in [0, 0.05) is 0 Å². The van der Waals surface area contributed by atoms with E-state index in [1.165, 1.54) is 32.1 Å². The zero-order valence-electron chi connectivity index (χ0n) is 6.11. The van der Waals surface area contributed by atoms with Crippen molar-refractivity contribution < 1.29 is 4.74 Å². The third-order valence-electron chi connectivity index (χ3n) is 1.85. The van der Waals surface area contributed by atoms with Gasteiger partial charge in [0.25, 0.3) is 0 Å². The van der Waals surface area contributed by atoms with Gasteiger partial charge in [-0.2, -0.15) is 0 Å². The van der Waals surface area contributed by atoms with Crippen molar-refractivity contribution in [3.8, 4) is 0 Å². The fraction of sp³-hybridized carbons (Fsp3) is 0.750. The van der Waals surface area contributed by atoms with Gasteiger partial charge in [0.15, 0.2) is 4.67 Å². The molecule has 1 aliphatic rings. The van der Waals surface area contributed by atoms with E-state index in [1.807, 2.05) is 0 Å². The Morgan fingerprint density at radius 3 is 2.40 bits per heavy atom. The molecule has 0 saturated heterocycles. The van der Waals surface area contributed by atoms with Crippen molar-refractivity contribution in [1.29, 1.82) is 0 Å². The van der Waals surface area contributed by atoms with Gasteiger partial charge >= 0.3 is 0 Å². The molecule has 0 amide bonds. The van der Waals surface area contributed by atoms with Gasteiger partial charge in [0.1, 0.15) is 0 Å². The molecule has 1 nitrogen and oxygen atoms in total. The van der Waals surface area contributed by atoms with Gasteiger partial charge in [-0.05, 0) is 48.2 Å². The molecule has 0 bridgehead atoms. The first-order valence-corrected chi connectivity index (χ1v) is 4.59. The predicted molar refractivity (Wildman–Crippen MR) is 46.0 cm³/mol. The van der Waals surface area contributed by atoms with Crippen LogP contribution in [0.3, 0.4) is 0 Å². The molecule has 0 unspecified atom stereocenters. The van der Waals surface area contributed by atoms with E-state index in [2.05, 4.69) is 22.5 Å². The van der Waals surface area contributed by atoms with E-state index in [4.69, 9.17) is 4.74 Å². The van der Waals surface area contributed by atoms with Crippen molar-refractivity contribution in [2.24, 2.45) is 0 Å². The van der Waals surface area contributed by atoms with Crippen molar-refractivity contribution in [3.63, 3.8) is 0 Å². The van der Waals surface area contributed by atoms with Crippen LogP contribution in [0.25, 0.3) is 0 Å². The van der Waals surface area contributed by atoms with Gasteiger partial charge in [-0.15, -0.1) is 0 Å². The Bertz CT molecular complexity index is 116. The number of halogens is 1. The lowest BCUT2D eigenvalue weighted by molar-refractivity contribution is 0.101. The Balaban J connectivity index is 2.19. The number of hydrogen-bond donors (Lipinski definition) is 0. The Kier molecular flexibility index (Phi) is 3.26. The summed E-state index contributed by atoms with van der Waals surface area (Å²) < 4.78 is 6.09. The number of hydrogen-bond acceptors (Lipinski definition) is 1. The largest absolute Gasteiger partial charge is 0.484 e. The maximum absolute atomic E-state index is 5.41. The summed E-state index contributed by atoms with van der Waals surface area (Å²) >= 11 is 3.19. The van der Waals surface area contributed by atoms with Crippen LogP contribution in [0.1, 0.15) is 32.1 Å². The minimum absolute atomic E-state index is 0.431. The van der Waals surface area contributed by atoms with E-state index in [9.17, 15) is 0 Å². The molecule has 0 atom stereocenters. The molecule has 2 heteroatoms. The van der Waals surface area contributed by atoms with Gasteiger partial charge in [-0.1, -0.05) is 6.42 Å². The average Bonchev–Trinajstić information content (AvgIpc) is 1.88. The molecule has 1 aliphatic carbocycles. The van der Waals surface area contributed by atoms with Crippen LogP contribution in [0.5, 0.6) is 0 Å². The molecule has 0 radical (unpaired) electrons. The van der Waals surface area contributed by atoms with Crippen molar-refractivity contribution in [1.82, 2.24) is 0 Å². The van der Waals surface area contributed by atoms with Gasteiger partial charge in [-0.25, -0.2) is 0 Å². The van der Waals surface area contributed by atoms with Crippen LogP contribution < -0.4 is 0 Å². The van der Waals surface area contributed by atoms with Crippen molar-refractivity contribution in [2.45, 2.75) is 38.2 Å². The average molecular weight is 205 g/mol. The summed E-state index contributed by atoms with van der Waals surface area (Å²) in [5.74, 6) is 0. The first-order valence-electron chi connectivity index (χ1n) is 3.80. The highest BCUT2D eigenvalue weighted by atomic mass is 79.9. The Morgan fingerprint density at radius 2 is 1.90 bits per heavy atom. The predicted octanol–water partition coefficient (Wildman–Crippen LogP) is 3.20. The second-order valence-electron chi connectivity index (χ2n) is 2.73. The van der Waals surface area contributed by atoms with E-state index < -0.39 is 0 Å². The summed E-state index contributed by atoms with van der Waals surface area (Å²) in [5, 5.41) is 0. The number of ether oxygens (including phenoxy) is 1. The second-order valence-corrected chi connectivity index (χ2v) is 3.62. The zero-order chi connectivity index (χ0) is 7.40. The monoisotopic (exact) mass is 204 g/mol. The summed E-state index contributed by atoms with van der Waals surface area (Å²) in [4.78, 5) is 0. The zero-order valence-corrected chi connectivity index (χ0v) is 7.69. The van der Waals surface area contributed by atoms with E-state index in [-0.39, 0.29) is 0 Å². The molecule has 10 heavy (non-hydrogen) atoms. The van der Waals surface area contributed by atoms with Crippen LogP contribution in [-0.2, 0) is 4.74 Å². The third-order valence-corrected chi connectivity index (χ3v) is 2.03. The van der Waals surface area contributed by atoms with Gasteiger partial charge < -0.3 is 4.74 Å². The molecule has 0 spiro atoms. The Labute approximate surface area is 70.6 Å². The van der Waals surface area contributed by atoms with Crippen LogP contribution in [0.2, 0.25) is 0 Å². The third kappa shape index (κ3) is 2.74. The van der Waals surface area contributed by atoms with Crippen molar-refractivity contribution in [3.05, 3.63) is 11.2 Å². The molecule has 58 valence electrons. The quantitative estimate of drug-likeness (QED) is 0.629. The van der Waals surface area contributed by atoms with Crippen molar-refractivity contribution >= 4 is 15.9 Å². The molecule has 1 fully saturated rings. The number of rotatable bonds is 2. The molecule has 0 aromatic heterocycles. The summed E-state index contributed by atoms with van der Waals surface area (Å²) in [5.41, 5.74) is 0. The minimum atomic E-state index is 0.431. The molecule has 0 heterocycles.